The number of nitrogen functional groups attached to an aromatic ring is 1. The van der Waals surface area contributed by atoms with E-state index < -0.39 is 0 Å². The third-order valence-electron chi connectivity index (χ3n) is 5.85. The molecule has 1 aromatic heterocycles. The van der Waals surface area contributed by atoms with E-state index in [0.29, 0.717) is 22.6 Å². The third kappa shape index (κ3) is 5.12. The van der Waals surface area contributed by atoms with Gasteiger partial charge in [0, 0.05) is 23.9 Å². The monoisotopic (exact) mass is 414 g/mol. The summed E-state index contributed by atoms with van der Waals surface area (Å²) in [5.74, 6) is 0.709. The molecular formula is C26H30N4O. The first kappa shape index (κ1) is 21.1. The van der Waals surface area contributed by atoms with E-state index in [-0.39, 0.29) is 5.78 Å². The molecule has 1 fully saturated rings. The highest BCUT2D eigenvalue weighted by Crippen LogP contribution is 2.32. The van der Waals surface area contributed by atoms with Crippen LogP contribution in [0.1, 0.15) is 41.6 Å². The number of likely N-dealkylation sites (tertiary alicyclic amines) is 1. The Morgan fingerprint density at radius 3 is 2.45 bits per heavy atom. The Balaban J connectivity index is 1.64. The first-order valence-corrected chi connectivity index (χ1v) is 11.1. The summed E-state index contributed by atoms with van der Waals surface area (Å²) in [4.78, 5) is 22.5. The van der Waals surface area contributed by atoms with E-state index in [1.807, 2.05) is 66.7 Å². The Kier molecular flexibility index (Phi) is 6.95. The van der Waals surface area contributed by atoms with Gasteiger partial charge < -0.3 is 15.5 Å². The molecule has 5 nitrogen and oxygen atoms in total. The molecule has 2 heterocycles. The van der Waals surface area contributed by atoms with Crippen molar-refractivity contribution in [2.75, 3.05) is 36.8 Å². The fraction of sp³-hybridized carbons (Fsp3) is 0.308. The second-order valence-corrected chi connectivity index (χ2v) is 8.04. The van der Waals surface area contributed by atoms with Gasteiger partial charge in [0.2, 0.25) is 0 Å². The van der Waals surface area contributed by atoms with E-state index >= 15 is 0 Å². The van der Waals surface area contributed by atoms with Crippen molar-refractivity contribution in [2.45, 2.75) is 25.7 Å². The van der Waals surface area contributed by atoms with Gasteiger partial charge in [-0.2, -0.15) is 0 Å². The highest BCUT2D eigenvalue weighted by Gasteiger charge is 2.21. The predicted molar refractivity (Wildman–Crippen MR) is 127 cm³/mol. The molecule has 3 aromatic rings. The van der Waals surface area contributed by atoms with Gasteiger partial charge in [-0.3, -0.25) is 4.79 Å². The smallest absolute Gasteiger partial charge is 0.195 e. The number of aromatic nitrogens is 1. The number of pyridine rings is 1. The van der Waals surface area contributed by atoms with Crippen LogP contribution < -0.4 is 10.6 Å². The zero-order valence-electron chi connectivity index (χ0n) is 17.9. The molecule has 2 N–H and O–H groups in total. The first-order valence-electron chi connectivity index (χ1n) is 11.1. The fourth-order valence-electron chi connectivity index (χ4n) is 4.26. The lowest BCUT2D eigenvalue weighted by Gasteiger charge is -2.30. The van der Waals surface area contributed by atoms with E-state index in [0.717, 1.165) is 25.2 Å². The third-order valence-corrected chi connectivity index (χ3v) is 5.85. The predicted octanol–water partition coefficient (Wildman–Crippen LogP) is 4.91. The summed E-state index contributed by atoms with van der Waals surface area (Å²) in [5.41, 5.74) is 9.11. The second kappa shape index (κ2) is 10.2. The first-order chi connectivity index (χ1) is 15.2. The van der Waals surface area contributed by atoms with Crippen LogP contribution in [0, 0.1) is 0 Å². The summed E-state index contributed by atoms with van der Waals surface area (Å²) < 4.78 is 0. The standard InChI is InChI=1S/C26H30N4O/c27-23-14-9-16-28-26(23)30(20-10-19-29-17-7-2-8-18-29)24-15-6-5-13-22(24)25(31)21-11-3-1-4-12-21/h1,3-6,9,11-16H,2,7-8,10,17-20,27H2. The molecule has 31 heavy (non-hydrogen) atoms. The average Bonchev–Trinajstić information content (AvgIpc) is 2.83. The minimum absolute atomic E-state index is 0.00623. The number of piperidine rings is 1. The topological polar surface area (TPSA) is 62.5 Å². The van der Waals surface area contributed by atoms with Gasteiger partial charge in [0.15, 0.2) is 11.6 Å². The van der Waals surface area contributed by atoms with Gasteiger partial charge in [-0.15, -0.1) is 0 Å². The van der Waals surface area contributed by atoms with Gasteiger partial charge >= 0.3 is 0 Å². The van der Waals surface area contributed by atoms with Crippen molar-refractivity contribution in [3.63, 3.8) is 0 Å². The van der Waals surface area contributed by atoms with Crippen molar-refractivity contribution in [3.8, 4) is 0 Å². The number of carbonyl (C=O) groups is 1. The summed E-state index contributed by atoms with van der Waals surface area (Å²) in [6, 6.07) is 20.9. The van der Waals surface area contributed by atoms with E-state index in [9.17, 15) is 4.79 Å². The summed E-state index contributed by atoms with van der Waals surface area (Å²) in [5, 5.41) is 0. The van der Waals surface area contributed by atoms with Crippen LogP contribution in [-0.2, 0) is 0 Å². The molecule has 1 aliphatic heterocycles. The zero-order chi connectivity index (χ0) is 21.5. The van der Waals surface area contributed by atoms with Gasteiger partial charge in [0.1, 0.15) is 0 Å². The molecule has 0 radical (unpaired) electrons. The maximum Gasteiger partial charge on any atom is 0.195 e. The summed E-state index contributed by atoms with van der Waals surface area (Å²) in [6.07, 6.45) is 6.63. The van der Waals surface area contributed by atoms with Gasteiger partial charge in [-0.1, -0.05) is 48.9 Å². The van der Waals surface area contributed by atoms with Crippen LogP contribution in [0.5, 0.6) is 0 Å². The van der Waals surface area contributed by atoms with Crippen molar-refractivity contribution >= 4 is 23.0 Å². The lowest BCUT2D eigenvalue weighted by atomic mass is 10.0. The van der Waals surface area contributed by atoms with Gasteiger partial charge in [-0.05, 0) is 63.2 Å². The average molecular weight is 415 g/mol. The Morgan fingerprint density at radius 2 is 1.68 bits per heavy atom. The maximum absolute atomic E-state index is 13.3. The van der Waals surface area contributed by atoms with Crippen LogP contribution in [-0.4, -0.2) is 41.8 Å². The number of anilines is 3. The van der Waals surface area contributed by atoms with Crippen LogP contribution in [0.4, 0.5) is 17.2 Å². The number of benzene rings is 2. The number of para-hydroxylation sites is 1. The SMILES string of the molecule is Nc1cccnc1N(CCCN1CCCCC1)c1ccccc1C(=O)c1ccccc1. The largest absolute Gasteiger partial charge is 0.396 e. The summed E-state index contributed by atoms with van der Waals surface area (Å²) >= 11 is 0. The van der Waals surface area contributed by atoms with Crippen LogP contribution in [0.3, 0.4) is 0 Å². The lowest BCUT2D eigenvalue weighted by molar-refractivity contribution is 0.103. The molecule has 1 aliphatic rings. The second-order valence-electron chi connectivity index (χ2n) is 8.04. The molecule has 0 spiro atoms. The molecule has 0 saturated carbocycles. The maximum atomic E-state index is 13.3. The van der Waals surface area contributed by atoms with Crippen molar-refractivity contribution < 1.29 is 4.79 Å². The van der Waals surface area contributed by atoms with Crippen LogP contribution in [0.25, 0.3) is 0 Å². The quantitative estimate of drug-likeness (QED) is 0.531. The summed E-state index contributed by atoms with van der Waals surface area (Å²) in [6.45, 7) is 4.14. The molecule has 1 saturated heterocycles. The number of hydrogen-bond acceptors (Lipinski definition) is 5. The van der Waals surface area contributed by atoms with Crippen molar-refractivity contribution in [2.24, 2.45) is 0 Å². The minimum atomic E-state index is 0.00623. The molecule has 0 aliphatic carbocycles. The number of ketones is 1. The highest BCUT2D eigenvalue weighted by atomic mass is 16.1. The Morgan fingerprint density at radius 1 is 0.935 bits per heavy atom. The molecule has 0 atom stereocenters. The Bertz CT molecular complexity index is 999. The molecular weight excluding hydrogens is 384 g/mol. The molecule has 4 rings (SSSR count). The lowest BCUT2D eigenvalue weighted by Crippen LogP contribution is -2.33. The number of nitrogens with zero attached hydrogens (tertiary/aromatic N) is 3. The van der Waals surface area contributed by atoms with Crippen LogP contribution in [0.15, 0.2) is 72.9 Å². The van der Waals surface area contributed by atoms with Gasteiger partial charge in [-0.25, -0.2) is 4.98 Å². The van der Waals surface area contributed by atoms with E-state index in [4.69, 9.17) is 5.73 Å². The Labute approximate surface area is 184 Å². The van der Waals surface area contributed by atoms with Crippen molar-refractivity contribution in [1.82, 2.24) is 9.88 Å². The normalized spacial score (nSPS) is 14.3. The van der Waals surface area contributed by atoms with Gasteiger partial charge in [0.05, 0.1) is 11.4 Å². The molecule has 0 bridgehead atoms. The molecule has 0 amide bonds. The van der Waals surface area contributed by atoms with Crippen LogP contribution >= 0.6 is 0 Å². The van der Waals surface area contributed by atoms with Crippen LogP contribution in [0.2, 0.25) is 0 Å². The van der Waals surface area contributed by atoms with E-state index in [1.165, 1.54) is 32.4 Å². The number of rotatable bonds is 8. The zero-order valence-corrected chi connectivity index (χ0v) is 17.9. The highest BCUT2D eigenvalue weighted by molar-refractivity contribution is 6.12. The van der Waals surface area contributed by atoms with Crippen molar-refractivity contribution in [3.05, 3.63) is 84.1 Å². The fourth-order valence-corrected chi connectivity index (χ4v) is 4.26. The van der Waals surface area contributed by atoms with E-state index in [1.54, 1.807) is 6.20 Å². The molecule has 0 unspecified atom stereocenters. The number of nitrogens with two attached hydrogens (primary N) is 1. The number of hydrogen-bond donors (Lipinski definition) is 1. The van der Waals surface area contributed by atoms with Gasteiger partial charge in [0.25, 0.3) is 0 Å². The number of carbonyl (C=O) groups excluding carboxylic acids is 1. The molecule has 5 heteroatoms. The summed E-state index contributed by atoms with van der Waals surface area (Å²) in [7, 11) is 0. The molecule has 2 aromatic carbocycles. The minimum Gasteiger partial charge on any atom is -0.396 e. The Hall–Kier alpha value is -3.18. The van der Waals surface area contributed by atoms with E-state index in [2.05, 4.69) is 14.8 Å². The molecule has 160 valence electrons. The van der Waals surface area contributed by atoms with Crippen molar-refractivity contribution in [1.29, 1.82) is 0 Å².